The van der Waals surface area contributed by atoms with E-state index >= 15 is 0 Å². The van der Waals surface area contributed by atoms with Gasteiger partial charge in [0.05, 0.1) is 0 Å². The van der Waals surface area contributed by atoms with Crippen LogP contribution in [0, 0.1) is 0 Å². The normalized spacial score (nSPS) is 22.1. The summed E-state index contributed by atoms with van der Waals surface area (Å²) in [6.07, 6.45) is 5.24. The third-order valence-corrected chi connectivity index (χ3v) is 3.19. The van der Waals surface area contributed by atoms with Crippen LogP contribution in [-0.4, -0.2) is 31.2 Å². The van der Waals surface area contributed by atoms with Crippen molar-refractivity contribution in [2.75, 3.05) is 13.7 Å². The molecule has 0 heterocycles. The molecule has 3 N–H and O–H groups in total. The van der Waals surface area contributed by atoms with E-state index in [9.17, 15) is 4.79 Å². The number of amides is 1. The lowest BCUT2D eigenvalue weighted by atomic mass is 9.82. The van der Waals surface area contributed by atoms with Crippen LogP contribution in [0.15, 0.2) is 0 Å². The van der Waals surface area contributed by atoms with Crippen molar-refractivity contribution in [2.24, 2.45) is 5.73 Å². The number of hydrogen-bond acceptors (Lipinski definition) is 3. The van der Waals surface area contributed by atoms with Crippen molar-refractivity contribution in [3.63, 3.8) is 0 Å². The fourth-order valence-corrected chi connectivity index (χ4v) is 1.95. The van der Waals surface area contributed by atoms with E-state index in [2.05, 4.69) is 5.32 Å². The topological polar surface area (TPSA) is 64.3 Å². The van der Waals surface area contributed by atoms with Gasteiger partial charge in [-0.1, -0.05) is 19.3 Å². The van der Waals surface area contributed by atoms with E-state index in [0.29, 0.717) is 6.54 Å². The maximum atomic E-state index is 11.5. The molecule has 0 radical (unpaired) electrons. The molecule has 15 heavy (non-hydrogen) atoms. The molecule has 1 amide bonds. The average Bonchev–Trinajstić information content (AvgIpc) is 2.26. The Kier molecular flexibility index (Phi) is 4.54. The molecule has 0 spiro atoms. The number of rotatable bonds is 4. The van der Waals surface area contributed by atoms with Crippen molar-refractivity contribution >= 4 is 5.91 Å². The number of ether oxygens (including phenoxy) is 1. The molecule has 0 aromatic heterocycles. The van der Waals surface area contributed by atoms with Crippen LogP contribution in [0.3, 0.4) is 0 Å². The molecule has 4 heteroatoms. The highest BCUT2D eigenvalue weighted by Gasteiger charge is 2.28. The average molecular weight is 214 g/mol. The van der Waals surface area contributed by atoms with Crippen LogP contribution in [0.1, 0.15) is 39.0 Å². The van der Waals surface area contributed by atoms with Gasteiger partial charge in [0, 0.05) is 19.2 Å². The first kappa shape index (κ1) is 12.5. The number of nitrogens with one attached hydrogen (secondary N) is 1. The Bertz CT molecular complexity index is 213. The van der Waals surface area contributed by atoms with Crippen LogP contribution >= 0.6 is 0 Å². The van der Waals surface area contributed by atoms with E-state index in [4.69, 9.17) is 10.5 Å². The number of nitrogens with two attached hydrogens (primary N) is 1. The van der Waals surface area contributed by atoms with Gasteiger partial charge in [-0.2, -0.15) is 0 Å². The molecule has 0 aromatic rings. The van der Waals surface area contributed by atoms with Gasteiger partial charge in [0.15, 0.2) is 0 Å². The van der Waals surface area contributed by atoms with Gasteiger partial charge in [0.1, 0.15) is 6.10 Å². The van der Waals surface area contributed by atoms with E-state index in [1.54, 1.807) is 6.92 Å². The largest absolute Gasteiger partial charge is 0.372 e. The van der Waals surface area contributed by atoms with Crippen molar-refractivity contribution in [1.29, 1.82) is 0 Å². The maximum absolute atomic E-state index is 11.5. The minimum absolute atomic E-state index is 0.0760. The number of methoxy groups -OCH3 is 1. The minimum Gasteiger partial charge on any atom is -0.372 e. The highest BCUT2D eigenvalue weighted by atomic mass is 16.5. The van der Waals surface area contributed by atoms with Crippen LogP contribution < -0.4 is 11.1 Å². The molecular weight excluding hydrogens is 192 g/mol. The molecule has 1 rings (SSSR count). The zero-order valence-electron chi connectivity index (χ0n) is 9.71. The molecule has 1 unspecified atom stereocenters. The molecule has 1 aliphatic rings. The van der Waals surface area contributed by atoms with Gasteiger partial charge < -0.3 is 15.8 Å². The lowest BCUT2D eigenvalue weighted by molar-refractivity contribution is -0.130. The van der Waals surface area contributed by atoms with Gasteiger partial charge in [-0.3, -0.25) is 4.79 Å². The van der Waals surface area contributed by atoms with Crippen molar-refractivity contribution in [3.05, 3.63) is 0 Å². The second-order valence-electron chi connectivity index (χ2n) is 4.52. The summed E-state index contributed by atoms with van der Waals surface area (Å²) in [5.41, 5.74) is 6.00. The Balaban J connectivity index is 2.31. The second-order valence-corrected chi connectivity index (χ2v) is 4.52. The first-order valence-electron chi connectivity index (χ1n) is 5.67. The molecule has 1 aliphatic carbocycles. The lowest BCUT2D eigenvalue weighted by Gasteiger charge is -2.33. The third kappa shape index (κ3) is 3.80. The van der Waals surface area contributed by atoms with Crippen LogP contribution in [0.2, 0.25) is 0 Å². The summed E-state index contributed by atoms with van der Waals surface area (Å²) in [4.78, 5) is 11.5. The Morgan fingerprint density at radius 3 is 2.60 bits per heavy atom. The highest BCUT2D eigenvalue weighted by Crippen LogP contribution is 2.25. The fraction of sp³-hybridized carbons (Fsp3) is 0.909. The molecule has 0 bridgehead atoms. The van der Waals surface area contributed by atoms with E-state index in [1.807, 2.05) is 0 Å². The summed E-state index contributed by atoms with van der Waals surface area (Å²) in [5.74, 6) is -0.0760. The van der Waals surface area contributed by atoms with Crippen LogP contribution in [0.5, 0.6) is 0 Å². The summed E-state index contributed by atoms with van der Waals surface area (Å²) in [7, 11) is 1.53. The summed E-state index contributed by atoms with van der Waals surface area (Å²) in [5, 5.41) is 2.85. The second kappa shape index (κ2) is 5.47. The molecule has 4 nitrogen and oxygen atoms in total. The molecule has 0 saturated heterocycles. The smallest absolute Gasteiger partial charge is 0.248 e. The Labute approximate surface area is 91.5 Å². The minimum atomic E-state index is -0.391. The van der Waals surface area contributed by atoms with Gasteiger partial charge >= 0.3 is 0 Å². The van der Waals surface area contributed by atoms with Crippen molar-refractivity contribution in [2.45, 2.75) is 50.7 Å². The molecular formula is C11H22N2O2. The molecule has 1 saturated carbocycles. The monoisotopic (exact) mass is 214 g/mol. The maximum Gasteiger partial charge on any atom is 0.248 e. The van der Waals surface area contributed by atoms with Gasteiger partial charge in [-0.25, -0.2) is 0 Å². The van der Waals surface area contributed by atoms with Crippen molar-refractivity contribution < 1.29 is 9.53 Å². The molecule has 0 aliphatic heterocycles. The highest BCUT2D eigenvalue weighted by molar-refractivity contribution is 5.80. The fourth-order valence-electron chi connectivity index (χ4n) is 1.95. The lowest BCUT2D eigenvalue weighted by Crippen LogP contribution is -2.52. The summed E-state index contributed by atoms with van der Waals surface area (Å²) in [6, 6.07) is 0. The first-order valence-corrected chi connectivity index (χ1v) is 5.67. The van der Waals surface area contributed by atoms with Crippen molar-refractivity contribution in [1.82, 2.24) is 5.32 Å². The van der Waals surface area contributed by atoms with Gasteiger partial charge in [-0.15, -0.1) is 0 Å². The number of carbonyl (C=O) groups excluding carboxylic acids is 1. The Hall–Kier alpha value is -0.610. The number of hydrogen-bond donors (Lipinski definition) is 2. The Morgan fingerprint density at radius 1 is 1.47 bits per heavy atom. The predicted octanol–water partition coefficient (Wildman–Crippen LogP) is 0.799. The van der Waals surface area contributed by atoms with E-state index in [1.165, 1.54) is 26.4 Å². The van der Waals surface area contributed by atoms with Crippen LogP contribution in [0.4, 0.5) is 0 Å². The quantitative estimate of drug-likeness (QED) is 0.727. The third-order valence-electron chi connectivity index (χ3n) is 3.19. The van der Waals surface area contributed by atoms with E-state index in [-0.39, 0.29) is 11.4 Å². The van der Waals surface area contributed by atoms with Crippen molar-refractivity contribution in [3.8, 4) is 0 Å². The van der Waals surface area contributed by atoms with Gasteiger partial charge in [-0.05, 0) is 19.8 Å². The van der Waals surface area contributed by atoms with Gasteiger partial charge in [0.2, 0.25) is 5.91 Å². The van der Waals surface area contributed by atoms with Crippen LogP contribution in [-0.2, 0) is 9.53 Å². The zero-order chi connectivity index (χ0) is 11.3. The summed E-state index contributed by atoms with van der Waals surface area (Å²) < 4.78 is 4.93. The molecule has 0 aromatic carbocycles. The molecule has 1 atom stereocenters. The zero-order valence-corrected chi connectivity index (χ0v) is 9.71. The predicted molar refractivity (Wildman–Crippen MR) is 59.5 cm³/mol. The standard InChI is InChI=1S/C11H22N2O2/c1-9(15-2)10(14)13-8-11(12)6-4-3-5-7-11/h9H,3-8,12H2,1-2H3,(H,13,14). The van der Waals surface area contributed by atoms with Gasteiger partial charge in [0.25, 0.3) is 0 Å². The van der Waals surface area contributed by atoms with Crippen LogP contribution in [0.25, 0.3) is 0 Å². The Morgan fingerprint density at radius 2 is 2.07 bits per heavy atom. The van der Waals surface area contributed by atoms with E-state index in [0.717, 1.165) is 12.8 Å². The summed E-state index contributed by atoms with van der Waals surface area (Å²) in [6.45, 7) is 2.30. The SMILES string of the molecule is COC(C)C(=O)NCC1(N)CCCCC1. The van der Waals surface area contributed by atoms with E-state index < -0.39 is 6.10 Å². The molecule has 1 fully saturated rings. The first-order chi connectivity index (χ1) is 7.07. The number of carbonyl (C=O) groups is 1. The molecule has 88 valence electrons. The summed E-state index contributed by atoms with van der Waals surface area (Å²) >= 11 is 0.